The SMILES string of the molecule is C=CC[C@](CCOC)(OC)C(C)C. The van der Waals surface area contributed by atoms with Crippen molar-refractivity contribution in [1.82, 2.24) is 0 Å². The summed E-state index contributed by atoms with van der Waals surface area (Å²) in [4.78, 5) is 0. The van der Waals surface area contributed by atoms with Gasteiger partial charge < -0.3 is 9.47 Å². The summed E-state index contributed by atoms with van der Waals surface area (Å²) in [5.74, 6) is 0.477. The Labute approximate surface area is 81.9 Å². The Bertz CT molecular complexity index is 143. The van der Waals surface area contributed by atoms with Gasteiger partial charge in [0.2, 0.25) is 0 Å². The molecule has 0 aromatic rings. The fourth-order valence-electron chi connectivity index (χ4n) is 1.57. The van der Waals surface area contributed by atoms with E-state index in [9.17, 15) is 0 Å². The molecule has 0 aromatic carbocycles. The second kappa shape index (κ2) is 6.17. The Kier molecular flexibility index (Phi) is 6.00. The van der Waals surface area contributed by atoms with E-state index in [2.05, 4.69) is 20.4 Å². The predicted octanol–water partition coefficient (Wildman–Crippen LogP) is 2.64. The van der Waals surface area contributed by atoms with Crippen LogP contribution in [-0.4, -0.2) is 26.4 Å². The van der Waals surface area contributed by atoms with Crippen LogP contribution in [0.4, 0.5) is 0 Å². The summed E-state index contributed by atoms with van der Waals surface area (Å²) in [5, 5.41) is 0. The van der Waals surface area contributed by atoms with Crippen LogP contribution in [0, 0.1) is 5.92 Å². The third-order valence-corrected chi connectivity index (χ3v) is 2.68. The van der Waals surface area contributed by atoms with Crippen molar-refractivity contribution >= 4 is 0 Å². The van der Waals surface area contributed by atoms with Gasteiger partial charge in [-0.25, -0.2) is 0 Å². The fraction of sp³-hybridized carbons (Fsp3) is 0.818. The molecule has 0 aliphatic heterocycles. The number of rotatable bonds is 7. The van der Waals surface area contributed by atoms with Crippen molar-refractivity contribution in [3.63, 3.8) is 0 Å². The summed E-state index contributed by atoms with van der Waals surface area (Å²) >= 11 is 0. The monoisotopic (exact) mass is 186 g/mol. The van der Waals surface area contributed by atoms with Crippen LogP contribution in [0.1, 0.15) is 26.7 Å². The summed E-state index contributed by atoms with van der Waals surface area (Å²) in [7, 11) is 3.48. The Balaban J connectivity index is 4.34. The smallest absolute Gasteiger partial charge is 0.0757 e. The highest BCUT2D eigenvalue weighted by Crippen LogP contribution is 2.29. The van der Waals surface area contributed by atoms with E-state index in [4.69, 9.17) is 9.47 Å². The van der Waals surface area contributed by atoms with Gasteiger partial charge in [-0.1, -0.05) is 19.9 Å². The molecule has 2 heteroatoms. The Morgan fingerprint density at radius 1 is 1.38 bits per heavy atom. The minimum atomic E-state index is -0.0994. The van der Waals surface area contributed by atoms with Gasteiger partial charge in [-0.15, -0.1) is 6.58 Å². The Morgan fingerprint density at radius 3 is 2.31 bits per heavy atom. The lowest BCUT2D eigenvalue weighted by molar-refractivity contribution is -0.0642. The van der Waals surface area contributed by atoms with Gasteiger partial charge in [-0.3, -0.25) is 0 Å². The van der Waals surface area contributed by atoms with E-state index in [1.165, 1.54) is 0 Å². The number of hydrogen-bond acceptors (Lipinski definition) is 2. The van der Waals surface area contributed by atoms with Crippen molar-refractivity contribution in [2.75, 3.05) is 20.8 Å². The van der Waals surface area contributed by atoms with E-state index >= 15 is 0 Å². The zero-order valence-electron chi connectivity index (χ0n) is 9.30. The molecule has 0 bridgehead atoms. The molecule has 0 N–H and O–H groups in total. The normalized spacial score (nSPS) is 15.8. The molecule has 0 radical (unpaired) electrons. The first-order chi connectivity index (χ1) is 6.13. The molecule has 0 aliphatic carbocycles. The zero-order chi connectivity index (χ0) is 10.3. The fourth-order valence-corrected chi connectivity index (χ4v) is 1.57. The van der Waals surface area contributed by atoms with Crippen LogP contribution in [0.25, 0.3) is 0 Å². The lowest BCUT2D eigenvalue weighted by Crippen LogP contribution is -2.38. The number of hydrogen-bond donors (Lipinski definition) is 0. The molecule has 0 unspecified atom stereocenters. The second-order valence-electron chi connectivity index (χ2n) is 3.66. The average Bonchev–Trinajstić information content (AvgIpc) is 2.12. The van der Waals surface area contributed by atoms with Crippen LogP contribution >= 0.6 is 0 Å². The molecule has 1 atom stereocenters. The van der Waals surface area contributed by atoms with Crippen molar-refractivity contribution in [1.29, 1.82) is 0 Å². The van der Waals surface area contributed by atoms with Crippen molar-refractivity contribution in [3.05, 3.63) is 12.7 Å². The van der Waals surface area contributed by atoms with Gasteiger partial charge in [0.15, 0.2) is 0 Å². The maximum absolute atomic E-state index is 5.59. The van der Waals surface area contributed by atoms with Crippen molar-refractivity contribution in [2.45, 2.75) is 32.3 Å². The molecule has 0 amide bonds. The molecule has 0 saturated heterocycles. The van der Waals surface area contributed by atoms with E-state index in [0.717, 1.165) is 19.4 Å². The lowest BCUT2D eigenvalue weighted by Gasteiger charge is -2.35. The molecule has 0 heterocycles. The van der Waals surface area contributed by atoms with Crippen LogP contribution < -0.4 is 0 Å². The molecule has 78 valence electrons. The molecule has 0 saturated carbocycles. The second-order valence-corrected chi connectivity index (χ2v) is 3.66. The van der Waals surface area contributed by atoms with Crippen molar-refractivity contribution < 1.29 is 9.47 Å². The van der Waals surface area contributed by atoms with Gasteiger partial charge in [-0.2, -0.15) is 0 Å². The summed E-state index contributed by atoms with van der Waals surface area (Å²) in [6.07, 6.45) is 3.72. The highest BCUT2D eigenvalue weighted by Gasteiger charge is 2.31. The van der Waals surface area contributed by atoms with Gasteiger partial charge >= 0.3 is 0 Å². The van der Waals surface area contributed by atoms with E-state index in [1.54, 1.807) is 14.2 Å². The molecule has 0 spiro atoms. The lowest BCUT2D eigenvalue weighted by atomic mass is 9.84. The van der Waals surface area contributed by atoms with Crippen molar-refractivity contribution in [2.24, 2.45) is 5.92 Å². The summed E-state index contributed by atoms with van der Waals surface area (Å²) in [6.45, 7) is 8.84. The zero-order valence-corrected chi connectivity index (χ0v) is 9.30. The quantitative estimate of drug-likeness (QED) is 0.569. The van der Waals surface area contributed by atoms with E-state index in [-0.39, 0.29) is 5.60 Å². The average molecular weight is 186 g/mol. The van der Waals surface area contributed by atoms with E-state index < -0.39 is 0 Å². The molecule has 0 aromatic heterocycles. The number of methoxy groups -OCH3 is 2. The van der Waals surface area contributed by atoms with Crippen molar-refractivity contribution in [3.8, 4) is 0 Å². The van der Waals surface area contributed by atoms with Gasteiger partial charge in [0.05, 0.1) is 5.60 Å². The highest BCUT2D eigenvalue weighted by molar-refractivity contribution is 4.90. The van der Waals surface area contributed by atoms with Crippen LogP contribution in [-0.2, 0) is 9.47 Å². The minimum Gasteiger partial charge on any atom is -0.385 e. The van der Waals surface area contributed by atoms with Crippen LogP contribution in [0.15, 0.2) is 12.7 Å². The van der Waals surface area contributed by atoms with Gasteiger partial charge in [0.1, 0.15) is 0 Å². The largest absolute Gasteiger partial charge is 0.385 e. The molecule has 0 fully saturated rings. The van der Waals surface area contributed by atoms with E-state index in [0.29, 0.717) is 5.92 Å². The molecule has 0 rings (SSSR count). The first kappa shape index (κ1) is 12.7. The van der Waals surface area contributed by atoms with E-state index in [1.807, 2.05) is 6.08 Å². The first-order valence-corrected chi connectivity index (χ1v) is 4.78. The minimum absolute atomic E-state index is 0.0994. The number of ether oxygens (including phenoxy) is 2. The summed E-state index contributed by atoms with van der Waals surface area (Å²) < 4.78 is 10.7. The summed E-state index contributed by atoms with van der Waals surface area (Å²) in [6, 6.07) is 0. The standard InChI is InChI=1S/C11H22O2/c1-6-7-11(13-5,10(2)3)8-9-12-4/h6,10H,1,7-9H2,2-5H3/t11-/m1/s1. The van der Waals surface area contributed by atoms with Gasteiger partial charge in [-0.05, 0) is 12.3 Å². The van der Waals surface area contributed by atoms with Gasteiger partial charge in [0.25, 0.3) is 0 Å². The molecule has 2 nitrogen and oxygen atoms in total. The third kappa shape index (κ3) is 3.49. The molecule has 13 heavy (non-hydrogen) atoms. The van der Waals surface area contributed by atoms with Crippen LogP contribution in [0.2, 0.25) is 0 Å². The Morgan fingerprint density at radius 2 is 2.00 bits per heavy atom. The summed E-state index contributed by atoms with van der Waals surface area (Å²) in [5.41, 5.74) is -0.0994. The first-order valence-electron chi connectivity index (χ1n) is 4.78. The third-order valence-electron chi connectivity index (χ3n) is 2.68. The Hall–Kier alpha value is -0.340. The maximum Gasteiger partial charge on any atom is 0.0757 e. The van der Waals surface area contributed by atoms with Crippen LogP contribution in [0.5, 0.6) is 0 Å². The molecule has 0 aliphatic rings. The predicted molar refractivity (Wildman–Crippen MR) is 55.9 cm³/mol. The molecular formula is C11H22O2. The maximum atomic E-state index is 5.59. The highest BCUT2D eigenvalue weighted by atomic mass is 16.5. The topological polar surface area (TPSA) is 18.5 Å². The van der Waals surface area contributed by atoms with Gasteiger partial charge in [0, 0.05) is 27.2 Å². The van der Waals surface area contributed by atoms with Crippen LogP contribution in [0.3, 0.4) is 0 Å². The molecular weight excluding hydrogens is 164 g/mol.